The van der Waals surface area contributed by atoms with Crippen LogP contribution in [0.3, 0.4) is 0 Å². The zero-order chi connectivity index (χ0) is 24.6. The third-order valence-electron chi connectivity index (χ3n) is 5.44. The average molecular weight is 553 g/mol. The van der Waals surface area contributed by atoms with Crippen molar-refractivity contribution >= 4 is 50.9 Å². The van der Waals surface area contributed by atoms with E-state index in [2.05, 4.69) is 26.1 Å². The number of hydrogen-bond acceptors (Lipinski definition) is 5. The van der Waals surface area contributed by atoms with Crippen molar-refractivity contribution in [2.45, 2.75) is 6.61 Å². The third kappa shape index (κ3) is 6.86. The Labute approximate surface area is 217 Å². The molecular formula is C27H23BrClN3O3. The van der Waals surface area contributed by atoms with Crippen LogP contribution in [0.2, 0.25) is 5.02 Å². The molecular weight excluding hydrogens is 530 g/mol. The van der Waals surface area contributed by atoms with Crippen LogP contribution in [0.25, 0.3) is 6.08 Å². The topological polar surface area (TPSA) is 74.6 Å². The Hall–Kier alpha value is -3.31. The Morgan fingerprint density at radius 2 is 1.83 bits per heavy atom. The molecule has 0 atom stereocenters. The van der Waals surface area contributed by atoms with E-state index >= 15 is 0 Å². The van der Waals surface area contributed by atoms with E-state index in [0.717, 1.165) is 28.8 Å². The summed E-state index contributed by atoms with van der Waals surface area (Å²) in [6, 6.07) is 22.4. The molecule has 0 radical (unpaired) electrons. The molecule has 1 amide bonds. The monoisotopic (exact) mass is 551 g/mol. The Balaban J connectivity index is 1.39. The molecule has 1 N–H and O–H groups in total. The fourth-order valence-electron chi connectivity index (χ4n) is 3.56. The van der Waals surface area contributed by atoms with Gasteiger partial charge in [-0.2, -0.15) is 5.26 Å². The molecule has 1 fully saturated rings. The number of morpholine rings is 1. The van der Waals surface area contributed by atoms with Crippen molar-refractivity contribution in [2.24, 2.45) is 0 Å². The van der Waals surface area contributed by atoms with Crippen LogP contribution in [-0.2, 0) is 16.1 Å². The van der Waals surface area contributed by atoms with Crippen LogP contribution in [0.4, 0.5) is 11.4 Å². The summed E-state index contributed by atoms with van der Waals surface area (Å²) in [6.45, 7) is 3.49. The quantitative estimate of drug-likeness (QED) is 0.285. The summed E-state index contributed by atoms with van der Waals surface area (Å²) in [4.78, 5) is 14.9. The number of hydrogen-bond donors (Lipinski definition) is 1. The minimum absolute atomic E-state index is 0.00369. The molecule has 0 saturated carbocycles. The smallest absolute Gasteiger partial charge is 0.266 e. The molecule has 1 aliphatic heterocycles. The van der Waals surface area contributed by atoms with Crippen LogP contribution in [0.5, 0.6) is 5.75 Å². The Kier molecular flexibility index (Phi) is 8.43. The van der Waals surface area contributed by atoms with Gasteiger partial charge in [0, 0.05) is 29.5 Å². The van der Waals surface area contributed by atoms with E-state index in [0.29, 0.717) is 41.8 Å². The summed E-state index contributed by atoms with van der Waals surface area (Å²) in [7, 11) is 0. The van der Waals surface area contributed by atoms with Crippen LogP contribution in [-0.4, -0.2) is 32.2 Å². The highest BCUT2D eigenvalue weighted by molar-refractivity contribution is 9.10. The molecule has 0 unspecified atom stereocenters. The van der Waals surface area contributed by atoms with Crippen LogP contribution in [0.15, 0.2) is 76.8 Å². The molecule has 1 heterocycles. The van der Waals surface area contributed by atoms with Gasteiger partial charge in [0.05, 0.1) is 17.7 Å². The maximum absolute atomic E-state index is 12.7. The normalized spacial score (nSPS) is 13.7. The predicted molar refractivity (Wildman–Crippen MR) is 142 cm³/mol. The highest BCUT2D eigenvalue weighted by atomic mass is 79.9. The molecule has 0 bridgehead atoms. The van der Waals surface area contributed by atoms with Crippen molar-refractivity contribution < 1.29 is 14.3 Å². The molecule has 8 heteroatoms. The standard InChI is InChI=1S/C27H23BrClN3O3/c28-25-16-20(3-10-26(25)35-18-19-1-4-22(29)5-2-19)15-21(17-30)27(33)31-23-6-8-24(9-7-23)32-11-13-34-14-12-32/h1-10,15-16H,11-14,18H2,(H,31,33). The van der Waals surface area contributed by atoms with Gasteiger partial charge in [-0.15, -0.1) is 0 Å². The summed E-state index contributed by atoms with van der Waals surface area (Å²) >= 11 is 9.42. The second-order valence-corrected chi connectivity index (χ2v) is 9.17. The number of carbonyl (C=O) groups is 1. The number of benzene rings is 3. The molecule has 35 heavy (non-hydrogen) atoms. The molecule has 1 aliphatic rings. The number of nitriles is 1. The van der Waals surface area contributed by atoms with Crippen molar-refractivity contribution in [3.8, 4) is 11.8 Å². The van der Waals surface area contributed by atoms with E-state index in [1.54, 1.807) is 24.3 Å². The second kappa shape index (κ2) is 11.9. The Morgan fingerprint density at radius 1 is 1.11 bits per heavy atom. The zero-order valence-corrected chi connectivity index (χ0v) is 21.2. The first kappa shape index (κ1) is 24.8. The molecule has 3 aromatic rings. The van der Waals surface area contributed by atoms with E-state index in [4.69, 9.17) is 21.1 Å². The molecule has 3 aromatic carbocycles. The van der Waals surface area contributed by atoms with Crippen molar-refractivity contribution in [3.05, 3.63) is 92.9 Å². The highest BCUT2D eigenvalue weighted by Gasteiger charge is 2.13. The first-order valence-electron chi connectivity index (χ1n) is 11.0. The van der Waals surface area contributed by atoms with Gasteiger partial charge in [0.15, 0.2) is 0 Å². The lowest BCUT2D eigenvalue weighted by Gasteiger charge is -2.28. The lowest BCUT2D eigenvalue weighted by molar-refractivity contribution is -0.112. The van der Waals surface area contributed by atoms with Crippen LogP contribution >= 0.6 is 27.5 Å². The molecule has 0 aromatic heterocycles. The largest absolute Gasteiger partial charge is 0.488 e. The van der Waals surface area contributed by atoms with E-state index in [9.17, 15) is 10.1 Å². The Bertz CT molecular complexity index is 1250. The lowest BCUT2D eigenvalue weighted by atomic mass is 10.1. The summed E-state index contributed by atoms with van der Waals surface area (Å²) in [5.41, 5.74) is 3.40. The summed E-state index contributed by atoms with van der Waals surface area (Å²) in [6.07, 6.45) is 1.55. The number of carbonyl (C=O) groups excluding carboxylic acids is 1. The van der Waals surface area contributed by atoms with Gasteiger partial charge in [-0.3, -0.25) is 4.79 Å². The van der Waals surface area contributed by atoms with Crippen LogP contribution < -0.4 is 15.0 Å². The SMILES string of the molecule is N#CC(=Cc1ccc(OCc2ccc(Cl)cc2)c(Br)c1)C(=O)Nc1ccc(N2CCOCC2)cc1. The van der Waals surface area contributed by atoms with E-state index in [-0.39, 0.29) is 5.57 Å². The first-order chi connectivity index (χ1) is 17.0. The molecule has 178 valence electrons. The van der Waals surface area contributed by atoms with Gasteiger partial charge in [-0.05, 0) is 81.7 Å². The maximum atomic E-state index is 12.7. The fourth-order valence-corrected chi connectivity index (χ4v) is 4.19. The minimum atomic E-state index is -0.467. The van der Waals surface area contributed by atoms with Crippen molar-refractivity contribution in [3.63, 3.8) is 0 Å². The van der Waals surface area contributed by atoms with Gasteiger partial charge >= 0.3 is 0 Å². The van der Waals surface area contributed by atoms with Gasteiger partial charge in [-0.25, -0.2) is 0 Å². The molecule has 0 spiro atoms. The molecule has 0 aliphatic carbocycles. The van der Waals surface area contributed by atoms with Crippen LogP contribution in [0, 0.1) is 11.3 Å². The summed E-state index contributed by atoms with van der Waals surface area (Å²) in [5, 5.41) is 13.0. The summed E-state index contributed by atoms with van der Waals surface area (Å²) < 4.78 is 12.0. The van der Waals surface area contributed by atoms with E-state index in [1.807, 2.05) is 54.6 Å². The molecule has 1 saturated heterocycles. The number of halogens is 2. The summed E-state index contributed by atoms with van der Waals surface area (Å²) in [5.74, 6) is 0.186. The van der Waals surface area contributed by atoms with Gasteiger partial charge in [0.25, 0.3) is 5.91 Å². The van der Waals surface area contributed by atoms with Gasteiger partial charge in [0.2, 0.25) is 0 Å². The first-order valence-corrected chi connectivity index (χ1v) is 12.2. The maximum Gasteiger partial charge on any atom is 0.266 e. The highest BCUT2D eigenvalue weighted by Crippen LogP contribution is 2.28. The number of nitrogens with one attached hydrogen (secondary N) is 1. The van der Waals surface area contributed by atoms with Gasteiger partial charge < -0.3 is 19.7 Å². The van der Waals surface area contributed by atoms with E-state index < -0.39 is 5.91 Å². The molecule has 6 nitrogen and oxygen atoms in total. The average Bonchev–Trinajstić information content (AvgIpc) is 2.88. The second-order valence-electron chi connectivity index (χ2n) is 7.88. The minimum Gasteiger partial charge on any atom is -0.488 e. The van der Waals surface area contributed by atoms with E-state index in [1.165, 1.54) is 0 Å². The van der Waals surface area contributed by atoms with Gasteiger partial charge in [-0.1, -0.05) is 29.8 Å². The third-order valence-corrected chi connectivity index (χ3v) is 6.31. The van der Waals surface area contributed by atoms with Gasteiger partial charge in [0.1, 0.15) is 24.0 Å². The van der Waals surface area contributed by atoms with Crippen molar-refractivity contribution in [2.75, 3.05) is 36.5 Å². The Morgan fingerprint density at radius 3 is 2.49 bits per heavy atom. The number of nitrogens with zero attached hydrogens (tertiary/aromatic N) is 2. The lowest BCUT2D eigenvalue weighted by Crippen LogP contribution is -2.36. The molecule has 4 rings (SSSR count). The van der Waals surface area contributed by atoms with Crippen molar-refractivity contribution in [1.29, 1.82) is 5.26 Å². The number of anilines is 2. The number of rotatable bonds is 7. The predicted octanol–water partition coefficient (Wildman–Crippen LogP) is 6.06. The zero-order valence-electron chi connectivity index (χ0n) is 18.8. The number of amides is 1. The van der Waals surface area contributed by atoms with Crippen molar-refractivity contribution in [1.82, 2.24) is 0 Å². The van der Waals surface area contributed by atoms with Crippen LogP contribution in [0.1, 0.15) is 11.1 Å². The fraction of sp³-hybridized carbons (Fsp3) is 0.185. The number of ether oxygens (including phenoxy) is 2.